The Bertz CT molecular complexity index is 808. The van der Waals surface area contributed by atoms with E-state index in [-0.39, 0.29) is 11.9 Å². The number of hydrogen-bond donors (Lipinski definition) is 0. The number of hydrogen-bond acceptors (Lipinski definition) is 3. The highest BCUT2D eigenvalue weighted by Crippen LogP contribution is 2.28. The van der Waals surface area contributed by atoms with E-state index in [9.17, 15) is 4.79 Å². The highest BCUT2D eigenvalue weighted by atomic mass is 16.3. The number of rotatable bonds is 3. The Morgan fingerprint density at radius 2 is 1.86 bits per heavy atom. The topological polar surface area (TPSA) is 46.3 Å². The third-order valence-corrected chi connectivity index (χ3v) is 4.13. The number of carbonyl (C=O) groups is 1. The van der Waals surface area contributed by atoms with Crippen molar-refractivity contribution in [2.75, 3.05) is 7.05 Å². The fourth-order valence-electron chi connectivity index (χ4n) is 2.58. The Morgan fingerprint density at radius 3 is 2.55 bits per heavy atom. The van der Waals surface area contributed by atoms with Crippen molar-refractivity contribution in [2.45, 2.75) is 19.9 Å². The summed E-state index contributed by atoms with van der Waals surface area (Å²) >= 11 is 0. The van der Waals surface area contributed by atoms with Crippen molar-refractivity contribution >= 4 is 16.9 Å². The van der Waals surface area contributed by atoms with Crippen molar-refractivity contribution in [2.24, 2.45) is 0 Å². The van der Waals surface area contributed by atoms with E-state index < -0.39 is 0 Å². The van der Waals surface area contributed by atoms with Crippen LogP contribution in [0.3, 0.4) is 0 Å². The first-order valence-corrected chi connectivity index (χ1v) is 7.25. The predicted octanol–water partition coefficient (Wildman–Crippen LogP) is 3.97. The lowest BCUT2D eigenvalue weighted by Gasteiger charge is -2.24. The van der Waals surface area contributed by atoms with Gasteiger partial charge in [0.15, 0.2) is 5.76 Å². The molecule has 112 valence electrons. The van der Waals surface area contributed by atoms with Gasteiger partial charge in [0.1, 0.15) is 5.58 Å². The van der Waals surface area contributed by atoms with Gasteiger partial charge < -0.3 is 9.32 Å². The summed E-state index contributed by atoms with van der Waals surface area (Å²) in [5.41, 5.74) is 2.67. The molecule has 0 unspecified atom stereocenters. The minimum atomic E-state index is -0.113. The van der Waals surface area contributed by atoms with Crippen molar-refractivity contribution in [1.82, 2.24) is 9.88 Å². The lowest BCUT2D eigenvalue weighted by Crippen LogP contribution is -2.29. The molecule has 0 radical (unpaired) electrons. The maximum Gasteiger partial charge on any atom is 0.290 e. The molecule has 0 aliphatic carbocycles. The lowest BCUT2D eigenvalue weighted by atomic mass is 10.1. The Balaban J connectivity index is 1.93. The number of nitrogens with zero attached hydrogens (tertiary/aromatic N) is 2. The summed E-state index contributed by atoms with van der Waals surface area (Å²) in [7, 11) is 1.79. The molecule has 0 N–H and O–H groups in total. The molecule has 0 saturated heterocycles. The minimum Gasteiger partial charge on any atom is -0.451 e. The van der Waals surface area contributed by atoms with E-state index in [0.717, 1.165) is 22.1 Å². The first-order chi connectivity index (χ1) is 10.6. The van der Waals surface area contributed by atoms with Gasteiger partial charge in [-0.05, 0) is 37.6 Å². The number of amides is 1. The maximum atomic E-state index is 12.8. The Morgan fingerprint density at radius 1 is 1.18 bits per heavy atom. The molecule has 4 nitrogen and oxygen atoms in total. The van der Waals surface area contributed by atoms with Gasteiger partial charge >= 0.3 is 0 Å². The first kappa shape index (κ1) is 14.3. The second-order valence-electron chi connectivity index (χ2n) is 5.42. The van der Waals surface area contributed by atoms with Gasteiger partial charge in [-0.2, -0.15) is 0 Å². The Hall–Kier alpha value is -2.62. The van der Waals surface area contributed by atoms with Crippen molar-refractivity contribution in [3.05, 3.63) is 65.7 Å². The number of aryl methyl sites for hydroxylation is 1. The summed E-state index contributed by atoms with van der Waals surface area (Å²) in [6.07, 6.45) is 3.47. The van der Waals surface area contributed by atoms with E-state index in [0.29, 0.717) is 5.76 Å². The number of furan rings is 1. The maximum absolute atomic E-state index is 12.8. The van der Waals surface area contributed by atoms with Crippen LogP contribution in [-0.4, -0.2) is 22.8 Å². The van der Waals surface area contributed by atoms with E-state index in [1.165, 1.54) is 0 Å². The second-order valence-corrected chi connectivity index (χ2v) is 5.42. The van der Waals surface area contributed by atoms with Crippen LogP contribution >= 0.6 is 0 Å². The molecule has 2 aromatic heterocycles. The summed E-state index contributed by atoms with van der Waals surface area (Å²) in [4.78, 5) is 18.5. The molecule has 0 bridgehead atoms. The molecule has 1 amide bonds. The van der Waals surface area contributed by atoms with Gasteiger partial charge in [0, 0.05) is 30.4 Å². The monoisotopic (exact) mass is 294 g/mol. The van der Waals surface area contributed by atoms with Gasteiger partial charge in [-0.15, -0.1) is 0 Å². The molecule has 0 aliphatic heterocycles. The van der Waals surface area contributed by atoms with Gasteiger partial charge in [0.25, 0.3) is 5.91 Å². The number of benzene rings is 1. The van der Waals surface area contributed by atoms with Gasteiger partial charge in [-0.3, -0.25) is 9.78 Å². The molecule has 22 heavy (non-hydrogen) atoms. The molecule has 0 spiro atoms. The van der Waals surface area contributed by atoms with Crippen LogP contribution < -0.4 is 0 Å². The fraction of sp³-hybridized carbons (Fsp3) is 0.222. The molecule has 0 fully saturated rings. The zero-order valence-electron chi connectivity index (χ0n) is 12.9. The van der Waals surface area contributed by atoms with Crippen LogP contribution in [0, 0.1) is 6.92 Å². The van der Waals surface area contributed by atoms with E-state index in [1.54, 1.807) is 24.3 Å². The average Bonchev–Trinajstić information content (AvgIpc) is 2.91. The van der Waals surface area contributed by atoms with E-state index in [4.69, 9.17) is 4.42 Å². The average molecular weight is 294 g/mol. The highest BCUT2D eigenvalue weighted by Gasteiger charge is 2.24. The van der Waals surface area contributed by atoms with Crippen LogP contribution in [0.25, 0.3) is 11.0 Å². The summed E-state index contributed by atoms with van der Waals surface area (Å²) in [5, 5.41) is 0.982. The molecule has 3 rings (SSSR count). The van der Waals surface area contributed by atoms with E-state index >= 15 is 0 Å². The van der Waals surface area contributed by atoms with Crippen molar-refractivity contribution in [3.63, 3.8) is 0 Å². The van der Waals surface area contributed by atoms with Crippen LogP contribution in [-0.2, 0) is 0 Å². The smallest absolute Gasteiger partial charge is 0.290 e. The van der Waals surface area contributed by atoms with Crippen LogP contribution in [0.5, 0.6) is 0 Å². The van der Waals surface area contributed by atoms with Gasteiger partial charge in [-0.1, -0.05) is 18.2 Å². The number of fused-ring (bicyclic) bond motifs is 1. The molecule has 1 atom stereocenters. The van der Waals surface area contributed by atoms with Crippen LogP contribution in [0.4, 0.5) is 0 Å². The highest BCUT2D eigenvalue weighted by molar-refractivity contribution is 5.98. The molecule has 3 aromatic rings. The normalized spacial score (nSPS) is 12.3. The molecule has 0 saturated carbocycles. The zero-order chi connectivity index (χ0) is 15.7. The Labute approximate surface area is 129 Å². The molecular weight excluding hydrogens is 276 g/mol. The number of carbonyl (C=O) groups excluding carboxylic acids is 1. The van der Waals surface area contributed by atoms with E-state index in [2.05, 4.69) is 4.98 Å². The van der Waals surface area contributed by atoms with Gasteiger partial charge in [0.2, 0.25) is 0 Å². The third-order valence-electron chi connectivity index (χ3n) is 4.13. The van der Waals surface area contributed by atoms with Crippen molar-refractivity contribution < 1.29 is 9.21 Å². The predicted molar refractivity (Wildman–Crippen MR) is 85.7 cm³/mol. The molecule has 1 aromatic carbocycles. The standard InChI is InChI=1S/C18H18N2O2/c1-12-15-6-4-5-7-16(15)22-17(12)18(21)20(3)13(2)14-8-10-19-11-9-14/h4-11,13H,1-3H3/t13-/m0/s1. The fourth-order valence-corrected chi connectivity index (χ4v) is 2.58. The second kappa shape index (κ2) is 5.64. The van der Waals surface area contributed by atoms with Crippen LogP contribution in [0.1, 0.15) is 34.6 Å². The van der Waals surface area contributed by atoms with Crippen LogP contribution in [0.15, 0.2) is 53.2 Å². The number of pyridine rings is 1. The molecule has 4 heteroatoms. The SMILES string of the molecule is Cc1c(C(=O)N(C)[C@@H](C)c2ccncc2)oc2ccccc12. The third kappa shape index (κ3) is 2.37. The first-order valence-electron chi connectivity index (χ1n) is 7.25. The summed E-state index contributed by atoms with van der Waals surface area (Å²) in [6, 6.07) is 11.5. The molecule has 2 heterocycles. The van der Waals surface area contributed by atoms with Crippen LogP contribution in [0.2, 0.25) is 0 Å². The van der Waals surface area contributed by atoms with Gasteiger partial charge in [-0.25, -0.2) is 0 Å². The number of para-hydroxylation sites is 1. The largest absolute Gasteiger partial charge is 0.451 e. The molecule has 0 aliphatic rings. The van der Waals surface area contributed by atoms with E-state index in [1.807, 2.05) is 50.2 Å². The summed E-state index contributed by atoms with van der Waals surface area (Å²) in [6.45, 7) is 3.91. The number of aromatic nitrogens is 1. The minimum absolute atomic E-state index is 0.0527. The lowest BCUT2D eigenvalue weighted by molar-refractivity contribution is 0.0711. The van der Waals surface area contributed by atoms with Gasteiger partial charge in [0.05, 0.1) is 6.04 Å². The zero-order valence-corrected chi connectivity index (χ0v) is 12.9. The summed E-state index contributed by atoms with van der Waals surface area (Å²) < 4.78 is 5.76. The van der Waals surface area contributed by atoms with Crippen molar-refractivity contribution in [3.8, 4) is 0 Å². The molecular formula is C18H18N2O2. The Kier molecular flexibility index (Phi) is 3.67. The quantitative estimate of drug-likeness (QED) is 0.734. The summed E-state index contributed by atoms with van der Waals surface area (Å²) in [5.74, 6) is 0.294. The van der Waals surface area contributed by atoms with Crippen molar-refractivity contribution in [1.29, 1.82) is 0 Å².